The first-order valence-corrected chi connectivity index (χ1v) is 7.45. The van der Waals surface area contributed by atoms with E-state index in [1.54, 1.807) is 18.2 Å². The third-order valence-electron chi connectivity index (χ3n) is 3.39. The van der Waals surface area contributed by atoms with E-state index in [1.165, 1.54) is 12.1 Å². The van der Waals surface area contributed by atoms with Gasteiger partial charge in [0.15, 0.2) is 12.4 Å². The maximum absolute atomic E-state index is 12.1. The number of nitrogens with two attached hydrogens (primary N) is 1. The molecular weight excluding hydrogens is 348 g/mol. The summed E-state index contributed by atoms with van der Waals surface area (Å²) < 4.78 is 5.13. The summed E-state index contributed by atoms with van der Waals surface area (Å²) >= 11 is 5.90. The zero-order valence-corrected chi connectivity index (χ0v) is 13.4. The summed E-state index contributed by atoms with van der Waals surface area (Å²) in [5, 5.41) is 11.3. The molecule has 0 atom stereocenters. The summed E-state index contributed by atoms with van der Waals surface area (Å²) in [5.74, 6) is -0.220. The Balaban J connectivity index is 1.77. The van der Waals surface area contributed by atoms with Crippen molar-refractivity contribution in [1.29, 1.82) is 0 Å². The summed E-state index contributed by atoms with van der Waals surface area (Å²) in [6.45, 7) is -0.207. The number of fused-ring (bicyclic) bond motifs is 1. The number of hydrogen-bond donors (Lipinski definition) is 1. The Morgan fingerprint density at radius 1 is 1.24 bits per heavy atom. The third kappa shape index (κ3) is 3.48. The van der Waals surface area contributed by atoms with Crippen molar-refractivity contribution in [2.45, 2.75) is 6.61 Å². The fourth-order valence-electron chi connectivity index (χ4n) is 2.21. The number of halogens is 1. The molecule has 0 radical (unpaired) electrons. The minimum atomic E-state index is -0.741. The van der Waals surface area contributed by atoms with Crippen LogP contribution >= 0.6 is 11.6 Å². The standard InChI is InChI=1S/C16H11ClN4O4/c17-12-7-9(21(23)24)5-6-10(12)16(22)25-8-14-19-13-4-2-1-3-11(13)15(18)20-14/h1-7H,8H2,(H2,18,19,20). The van der Waals surface area contributed by atoms with Crippen molar-refractivity contribution in [3.63, 3.8) is 0 Å². The van der Waals surface area contributed by atoms with E-state index < -0.39 is 10.9 Å². The van der Waals surface area contributed by atoms with Crippen LogP contribution in [0.3, 0.4) is 0 Å². The number of rotatable bonds is 4. The molecule has 2 N–H and O–H groups in total. The number of nitrogens with zero attached hydrogens (tertiary/aromatic N) is 3. The fraction of sp³-hybridized carbons (Fsp3) is 0.0625. The average molecular weight is 359 g/mol. The first-order chi connectivity index (χ1) is 12.0. The van der Waals surface area contributed by atoms with E-state index in [9.17, 15) is 14.9 Å². The quantitative estimate of drug-likeness (QED) is 0.432. The van der Waals surface area contributed by atoms with Crippen LogP contribution in [0.2, 0.25) is 5.02 Å². The summed E-state index contributed by atoms with van der Waals surface area (Å²) in [6, 6.07) is 10.7. The van der Waals surface area contributed by atoms with Gasteiger partial charge in [0.25, 0.3) is 5.69 Å². The van der Waals surface area contributed by atoms with Gasteiger partial charge < -0.3 is 10.5 Å². The van der Waals surface area contributed by atoms with E-state index in [-0.39, 0.29) is 34.5 Å². The van der Waals surface area contributed by atoms with Crippen LogP contribution in [0.4, 0.5) is 11.5 Å². The molecule has 2 aromatic carbocycles. The molecule has 8 nitrogen and oxygen atoms in total. The molecule has 0 bridgehead atoms. The molecule has 9 heteroatoms. The molecule has 0 unspecified atom stereocenters. The molecule has 0 aliphatic heterocycles. The Hall–Kier alpha value is -3.26. The Morgan fingerprint density at radius 2 is 2.00 bits per heavy atom. The molecule has 1 aromatic heterocycles. The highest BCUT2D eigenvalue weighted by Gasteiger charge is 2.17. The van der Waals surface area contributed by atoms with Gasteiger partial charge in [-0.15, -0.1) is 0 Å². The minimum absolute atomic E-state index is 0.0148. The molecule has 1 heterocycles. The third-order valence-corrected chi connectivity index (χ3v) is 3.71. The molecule has 0 spiro atoms. The van der Waals surface area contributed by atoms with Crippen LogP contribution in [-0.2, 0) is 11.3 Å². The van der Waals surface area contributed by atoms with Crippen LogP contribution in [-0.4, -0.2) is 20.9 Å². The van der Waals surface area contributed by atoms with Gasteiger partial charge in [0.2, 0.25) is 0 Å². The topological polar surface area (TPSA) is 121 Å². The molecule has 0 aliphatic carbocycles. The van der Waals surface area contributed by atoms with Crippen LogP contribution < -0.4 is 5.73 Å². The number of nitro benzene ring substituents is 1. The Morgan fingerprint density at radius 3 is 2.72 bits per heavy atom. The van der Waals surface area contributed by atoms with Crippen molar-refractivity contribution in [1.82, 2.24) is 9.97 Å². The summed E-state index contributed by atoms with van der Waals surface area (Å²) in [7, 11) is 0. The Kier molecular flexibility index (Phi) is 4.44. The van der Waals surface area contributed by atoms with Crippen LogP contribution in [0.25, 0.3) is 10.9 Å². The molecule has 126 valence electrons. The van der Waals surface area contributed by atoms with Gasteiger partial charge in [-0.2, -0.15) is 0 Å². The van der Waals surface area contributed by atoms with E-state index in [4.69, 9.17) is 22.1 Å². The molecule has 3 aromatic rings. The van der Waals surface area contributed by atoms with Crippen LogP contribution in [0.15, 0.2) is 42.5 Å². The second-order valence-electron chi connectivity index (χ2n) is 5.04. The van der Waals surface area contributed by atoms with E-state index in [2.05, 4.69) is 9.97 Å². The number of para-hydroxylation sites is 1. The van der Waals surface area contributed by atoms with Gasteiger partial charge in [-0.05, 0) is 18.2 Å². The fourth-order valence-corrected chi connectivity index (χ4v) is 2.46. The van der Waals surface area contributed by atoms with E-state index in [1.807, 2.05) is 6.07 Å². The van der Waals surface area contributed by atoms with Crippen LogP contribution in [0.1, 0.15) is 16.2 Å². The predicted octanol–water partition coefficient (Wildman–Crippen LogP) is 3.13. The number of carbonyl (C=O) groups is 1. The lowest BCUT2D eigenvalue weighted by atomic mass is 10.2. The van der Waals surface area contributed by atoms with Crippen molar-refractivity contribution in [2.75, 3.05) is 5.73 Å². The van der Waals surface area contributed by atoms with E-state index >= 15 is 0 Å². The number of aromatic nitrogens is 2. The Labute approximate surface area is 146 Å². The summed E-state index contributed by atoms with van der Waals surface area (Å²) in [4.78, 5) is 30.6. The largest absolute Gasteiger partial charge is 0.454 e. The molecule has 0 saturated carbocycles. The lowest BCUT2D eigenvalue weighted by Gasteiger charge is -2.07. The van der Waals surface area contributed by atoms with Gasteiger partial charge in [0.05, 0.1) is 21.0 Å². The number of non-ortho nitro benzene ring substituents is 1. The highest BCUT2D eigenvalue weighted by molar-refractivity contribution is 6.33. The SMILES string of the molecule is Nc1nc(COC(=O)c2ccc([N+](=O)[O-])cc2Cl)nc2ccccc12. The molecule has 0 fully saturated rings. The number of nitrogen functional groups attached to an aromatic ring is 1. The van der Waals surface area contributed by atoms with Crippen molar-refractivity contribution in [3.05, 3.63) is 69.0 Å². The van der Waals surface area contributed by atoms with E-state index in [0.29, 0.717) is 10.9 Å². The van der Waals surface area contributed by atoms with Crippen LogP contribution in [0, 0.1) is 10.1 Å². The van der Waals surface area contributed by atoms with Gasteiger partial charge >= 0.3 is 5.97 Å². The highest BCUT2D eigenvalue weighted by atomic mass is 35.5. The van der Waals surface area contributed by atoms with Gasteiger partial charge in [0, 0.05) is 17.5 Å². The van der Waals surface area contributed by atoms with Crippen molar-refractivity contribution in [3.8, 4) is 0 Å². The first-order valence-electron chi connectivity index (χ1n) is 7.08. The van der Waals surface area contributed by atoms with Gasteiger partial charge in [-0.1, -0.05) is 23.7 Å². The zero-order chi connectivity index (χ0) is 18.0. The predicted molar refractivity (Wildman–Crippen MR) is 91.2 cm³/mol. The second kappa shape index (κ2) is 6.70. The number of benzene rings is 2. The minimum Gasteiger partial charge on any atom is -0.454 e. The Bertz CT molecular complexity index is 993. The molecule has 25 heavy (non-hydrogen) atoms. The maximum Gasteiger partial charge on any atom is 0.340 e. The van der Waals surface area contributed by atoms with Gasteiger partial charge in [-0.25, -0.2) is 14.8 Å². The average Bonchev–Trinajstić information content (AvgIpc) is 2.59. The molecule has 0 saturated heterocycles. The number of nitro groups is 1. The first kappa shape index (κ1) is 16.6. The van der Waals surface area contributed by atoms with Crippen LogP contribution in [0.5, 0.6) is 0 Å². The number of esters is 1. The van der Waals surface area contributed by atoms with Gasteiger partial charge in [0.1, 0.15) is 5.82 Å². The molecule has 0 aliphatic rings. The monoisotopic (exact) mass is 358 g/mol. The second-order valence-corrected chi connectivity index (χ2v) is 5.45. The van der Waals surface area contributed by atoms with Gasteiger partial charge in [-0.3, -0.25) is 10.1 Å². The molecular formula is C16H11ClN4O4. The summed E-state index contributed by atoms with van der Waals surface area (Å²) in [6.07, 6.45) is 0. The molecule has 0 amide bonds. The lowest BCUT2D eigenvalue weighted by Crippen LogP contribution is -2.09. The van der Waals surface area contributed by atoms with Crippen molar-refractivity contribution < 1.29 is 14.5 Å². The maximum atomic E-state index is 12.1. The lowest BCUT2D eigenvalue weighted by molar-refractivity contribution is -0.384. The van der Waals surface area contributed by atoms with Crippen molar-refractivity contribution >= 4 is 40.0 Å². The molecule has 3 rings (SSSR count). The normalized spacial score (nSPS) is 10.6. The highest BCUT2D eigenvalue weighted by Crippen LogP contribution is 2.23. The number of carbonyl (C=O) groups excluding carboxylic acids is 1. The summed E-state index contributed by atoms with van der Waals surface area (Å²) in [5.41, 5.74) is 6.30. The number of hydrogen-bond acceptors (Lipinski definition) is 7. The smallest absolute Gasteiger partial charge is 0.340 e. The van der Waals surface area contributed by atoms with E-state index in [0.717, 1.165) is 6.07 Å². The van der Waals surface area contributed by atoms with Crippen molar-refractivity contribution in [2.24, 2.45) is 0 Å². The zero-order valence-electron chi connectivity index (χ0n) is 12.7. The number of anilines is 1. The number of ether oxygens (including phenoxy) is 1.